The van der Waals surface area contributed by atoms with Gasteiger partial charge in [0.2, 0.25) is 5.91 Å². The fourth-order valence-electron chi connectivity index (χ4n) is 2.27. The molecule has 0 radical (unpaired) electrons. The van der Waals surface area contributed by atoms with Crippen molar-refractivity contribution >= 4 is 33.7 Å². The van der Waals surface area contributed by atoms with E-state index in [4.69, 9.17) is 4.74 Å². The minimum Gasteiger partial charge on any atom is -0.444 e. The van der Waals surface area contributed by atoms with Crippen LogP contribution in [0.3, 0.4) is 0 Å². The lowest BCUT2D eigenvalue weighted by Crippen LogP contribution is -2.45. The number of hydrogen-bond donors (Lipinski definition) is 2. The predicted octanol–water partition coefficient (Wildman–Crippen LogP) is 2.15. The Morgan fingerprint density at radius 2 is 2.13 bits per heavy atom. The van der Waals surface area contributed by atoms with Crippen molar-refractivity contribution in [1.29, 1.82) is 0 Å². The molecule has 8 heteroatoms. The lowest BCUT2D eigenvalue weighted by atomic mass is 10.2. The predicted molar refractivity (Wildman–Crippen MR) is 87.9 cm³/mol. The van der Waals surface area contributed by atoms with E-state index in [2.05, 4.69) is 26.2 Å². The molecule has 0 bridgehead atoms. The molecule has 2 heterocycles. The number of anilines is 1. The minimum atomic E-state index is -0.791. The molecule has 0 saturated carbocycles. The van der Waals surface area contributed by atoms with Gasteiger partial charge in [0.15, 0.2) is 0 Å². The highest BCUT2D eigenvalue weighted by molar-refractivity contribution is 9.10. The zero-order chi connectivity index (χ0) is 17.2. The van der Waals surface area contributed by atoms with Crippen LogP contribution in [0.25, 0.3) is 0 Å². The van der Waals surface area contributed by atoms with Crippen LogP contribution in [-0.4, -0.2) is 51.3 Å². The zero-order valence-electron chi connectivity index (χ0n) is 13.2. The number of rotatable bonds is 2. The number of hydrogen-bond acceptors (Lipinski definition) is 5. The van der Waals surface area contributed by atoms with Crippen LogP contribution in [0.1, 0.15) is 27.2 Å². The van der Waals surface area contributed by atoms with Crippen LogP contribution in [-0.2, 0) is 9.53 Å². The second kappa shape index (κ2) is 6.84. The summed E-state index contributed by atoms with van der Waals surface area (Å²) in [6.45, 7) is 5.31. The number of carbonyl (C=O) groups is 2. The molecule has 0 spiro atoms. The smallest absolute Gasteiger partial charge is 0.411 e. The number of ether oxygens (including phenoxy) is 1. The summed E-state index contributed by atoms with van der Waals surface area (Å²) in [6, 6.07) is 4.33. The fourth-order valence-corrected chi connectivity index (χ4v) is 2.62. The normalized spacial score (nSPS) is 21.2. The molecule has 1 aromatic rings. The standard InChI is InChI=1S/C15H20BrN3O4/c1-15(2,3)23-14(22)19-8-9(20)7-10(19)13(21)18-12-6-4-5-11(16)17-12/h4-6,9-10,20H,7-8H2,1-3H3,(H,17,18,21)/t9-,10+/m1/s1. The summed E-state index contributed by atoms with van der Waals surface area (Å²) < 4.78 is 5.88. The van der Waals surface area contributed by atoms with Gasteiger partial charge in [0.1, 0.15) is 22.1 Å². The number of β-amino-alcohol motifs (C(OH)–C–C–N with tert-alkyl or cyclic N) is 1. The number of pyridine rings is 1. The average Bonchev–Trinajstić information content (AvgIpc) is 2.79. The zero-order valence-corrected chi connectivity index (χ0v) is 14.8. The van der Waals surface area contributed by atoms with Gasteiger partial charge >= 0.3 is 6.09 Å². The monoisotopic (exact) mass is 385 g/mol. The molecular weight excluding hydrogens is 366 g/mol. The highest BCUT2D eigenvalue weighted by Crippen LogP contribution is 2.22. The molecule has 7 nitrogen and oxygen atoms in total. The van der Waals surface area contributed by atoms with Gasteiger partial charge in [-0.25, -0.2) is 9.78 Å². The van der Waals surface area contributed by atoms with Crippen LogP contribution in [0, 0.1) is 0 Å². The molecular formula is C15H20BrN3O4. The summed E-state index contributed by atoms with van der Waals surface area (Å²) in [6.07, 6.45) is -1.20. The minimum absolute atomic E-state index is 0.0684. The number of amides is 2. The van der Waals surface area contributed by atoms with Crippen molar-refractivity contribution in [1.82, 2.24) is 9.88 Å². The van der Waals surface area contributed by atoms with Crippen LogP contribution < -0.4 is 5.32 Å². The van der Waals surface area contributed by atoms with Crippen molar-refractivity contribution in [3.05, 3.63) is 22.8 Å². The number of nitrogens with one attached hydrogen (secondary N) is 1. The number of likely N-dealkylation sites (tertiary alicyclic amines) is 1. The molecule has 23 heavy (non-hydrogen) atoms. The van der Waals surface area contributed by atoms with Gasteiger partial charge in [-0.2, -0.15) is 0 Å². The van der Waals surface area contributed by atoms with E-state index >= 15 is 0 Å². The average molecular weight is 386 g/mol. The molecule has 2 N–H and O–H groups in total. The van der Waals surface area contributed by atoms with Gasteiger partial charge in [-0.1, -0.05) is 6.07 Å². The number of aromatic nitrogens is 1. The Hall–Kier alpha value is -1.67. The third-order valence-electron chi connectivity index (χ3n) is 3.18. The number of halogens is 1. The summed E-state index contributed by atoms with van der Waals surface area (Å²) in [5.41, 5.74) is -0.669. The lowest BCUT2D eigenvalue weighted by molar-refractivity contribution is -0.120. The van der Waals surface area contributed by atoms with E-state index in [0.29, 0.717) is 10.4 Å². The van der Waals surface area contributed by atoms with E-state index in [1.807, 2.05) is 0 Å². The number of carbonyl (C=O) groups excluding carboxylic acids is 2. The van der Waals surface area contributed by atoms with Gasteiger partial charge in [0.25, 0.3) is 0 Å². The molecule has 1 aliphatic rings. The first-order chi connectivity index (χ1) is 10.7. The summed E-state index contributed by atoms with van der Waals surface area (Å²) in [7, 11) is 0. The maximum absolute atomic E-state index is 12.4. The van der Waals surface area contributed by atoms with Gasteiger partial charge < -0.3 is 15.2 Å². The molecule has 126 valence electrons. The van der Waals surface area contributed by atoms with E-state index in [0.717, 1.165) is 0 Å². The van der Waals surface area contributed by atoms with Crippen LogP contribution in [0.2, 0.25) is 0 Å². The van der Waals surface area contributed by atoms with Crippen molar-refractivity contribution < 1.29 is 19.4 Å². The summed E-state index contributed by atoms with van der Waals surface area (Å²) >= 11 is 3.23. The SMILES string of the molecule is CC(C)(C)OC(=O)N1C[C@H](O)C[C@H]1C(=O)Nc1cccc(Br)n1. The molecule has 0 unspecified atom stereocenters. The van der Waals surface area contributed by atoms with E-state index in [1.54, 1.807) is 39.0 Å². The second-order valence-corrected chi connectivity index (χ2v) is 7.19. The molecule has 1 aliphatic heterocycles. The maximum atomic E-state index is 12.4. The number of aliphatic hydroxyl groups is 1. The first-order valence-corrected chi connectivity index (χ1v) is 8.06. The number of aliphatic hydroxyl groups excluding tert-OH is 1. The van der Waals surface area contributed by atoms with E-state index < -0.39 is 29.7 Å². The molecule has 0 aromatic carbocycles. The van der Waals surface area contributed by atoms with Gasteiger partial charge in [-0.3, -0.25) is 9.69 Å². The van der Waals surface area contributed by atoms with Gasteiger partial charge in [0.05, 0.1) is 12.6 Å². The molecule has 2 atom stereocenters. The van der Waals surface area contributed by atoms with E-state index in [-0.39, 0.29) is 13.0 Å². The maximum Gasteiger partial charge on any atom is 0.411 e. The van der Waals surface area contributed by atoms with Gasteiger partial charge in [-0.15, -0.1) is 0 Å². The summed E-state index contributed by atoms with van der Waals surface area (Å²) in [5.74, 6) is -0.0343. The fraction of sp³-hybridized carbons (Fsp3) is 0.533. The Balaban J connectivity index is 2.09. The Morgan fingerprint density at radius 3 is 2.74 bits per heavy atom. The van der Waals surface area contributed by atoms with Crippen molar-refractivity contribution in [2.45, 2.75) is 44.9 Å². The first-order valence-electron chi connectivity index (χ1n) is 7.27. The first kappa shape index (κ1) is 17.7. The summed E-state index contributed by atoms with van der Waals surface area (Å²) in [4.78, 5) is 30.0. The second-order valence-electron chi connectivity index (χ2n) is 6.37. The Kier molecular flexibility index (Phi) is 5.26. The quantitative estimate of drug-likeness (QED) is 0.760. The molecule has 1 fully saturated rings. The highest BCUT2D eigenvalue weighted by Gasteiger charge is 2.41. The van der Waals surface area contributed by atoms with Crippen molar-refractivity contribution in [3.63, 3.8) is 0 Å². The molecule has 1 saturated heterocycles. The number of nitrogens with zero attached hydrogens (tertiary/aromatic N) is 2. The van der Waals surface area contributed by atoms with Crippen LogP contribution >= 0.6 is 15.9 Å². The van der Waals surface area contributed by atoms with Crippen molar-refractivity contribution in [2.24, 2.45) is 0 Å². The Labute approximate surface area is 143 Å². The topological polar surface area (TPSA) is 91.8 Å². The molecule has 2 amide bonds. The van der Waals surface area contributed by atoms with E-state index in [1.165, 1.54) is 4.90 Å². The van der Waals surface area contributed by atoms with Crippen LogP contribution in [0.15, 0.2) is 22.8 Å². The Morgan fingerprint density at radius 1 is 1.43 bits per heavy atom. The highest BCUT2D eigenvalue weighted by atomic mass is 79.9. The summed E-state index contributed by atoms with van der Waals surface area (Å²) in [5, 5.41) is 12.5. The third kappa shape index (κ3) is 4.90. The molecule has 1 aromatic heterocycles. The van der Waals surface area contributed by atoms with E-state index in [9.17, 15) is 14.7 Å². The largest absolute Gasteiger partial charge is 0.444 e. The Bertz CT molecular complexity index is 603. The van der Waals surface area contributed by atoms with Crippen LogP contribution in [0.4, 0.5) is 10.6 Å². The van der Waals surface area contributed by atoms with Crippen LogP contribution in [0.5, 0.6) is 0 Å². The lowest BCUT2D eigenvalue weighted by Gasteiger charge is -2.27. The third-order valence-corrected chi connectivity index (χ3v) is 3.62. The molecule has 0 aliphatic carbocycles. The van der Waals surface area contributed by atoms with Crippen molar-refractivity contribution in [2.75, 3.05) is 11.9 Å². The van der Waals surface area contributed by atoms with Gasteiger partial charge in [-0.05, 0) is 48.8 Å². The molecule has 2 rings (SSSR count). The van der Waals surface area contributed by atoms with Gasteiger partial charge in [0, 0.05) is 6.42 Å². The van der Waals surface area contributed by atoms with Crippen molar-refractivity contribution in [3.8, 4) is 0 Å².